The second kappa shape index (κ2) is 7.20. The number of rotatable bonds is 7. The van der Waals surface area contributed by atoms with Crippen molar-refractivity contribution < 1.29 is 19.2 Å². The van der Waals surface area contributed by atoms with E-state index in [1.165, 1.54) is 12.1 Å². The Balaban J connectivity index is 1.67. The first-order valence-corrected chi connectivity index (χ1v) is 8.64. The zero-order chi connectivity index (χ0) is 18.0. The summed E-state index contributed by atoms with van der Waals surface area (Å²) < 4.78 is 5.42. The van der Waals surface area contributed by atoms with E-state index >= 15 is 0 Å². The minimum Gasteiger partial charge on any atom is -0.454 e. The van der Waals surface area contributed by atoms with Crippen LogP contribution < -0.4 is 5.32 Å². The first-order chi connectivity index (χ1) is 11.9. The summed E-state index contributed by atoms with van der Waals surface area (Å²) in [5.41, 5.74) is 0.191. The molecule has 1 heterocycles. The summed E-state index contributed by atoms with van der Waals surface area (Å²) in [5, 5.41) is 14.2. The Morgan fingerprint density at radius 1 is 1.32 bits per heavy atom. The Bertz CT molecular complexity index is 847. The van der Waals surface area contributed by atoms with Crippen LogP contribution in [0.1, 0.15) is 32.9 Å². The van der Waals surface area contributed by atoms with Gasteiger partial charge in [0.15, 0.2) is 6.61 Å². The molecule has 9 heteroatoms. The summed E-state index contributed by atoms with van der Waals surface area (Å²) in [6.45, 7) is -0.453. The lowest BCUT2D eigenvalue weighted by molar-refractivity contribution is -0.384. The summed E-state index contributed by atoms with van der Waals surface area (Å²) >= 11 is 6.84. The van der Waals surface area contributed by atoms with Gasteiger partial charge in [0.2, 0.25) is 5.78 Å². The average Bonchev–Trinajstić information content (AvgIpc) is 3.30. The number of carbonyl (C=O) groups excluding carboxylic acids is 2. The maximum atomic E-state index is 12.1. The van der Waals surface area contributed by atoms with E-state index in [2.05, 4.69) is 5.32 Å². The predicted octanol–water partition coefficient (Wildman–Crippen LogP) is 3.92. The van der Waals surface area contributed by atoms with Crippen LogP contribution in [0.3, 0.4) is 0 Å². The third-order valence-electron chi connectivity index (χ3n) is 3.55. The standard InChI is InChI=1S/C16H13ClN2O5S/c17-15-6-5-14(25-15)13(20)8-24-16(21)9-1-4-11(18-10-2-3-10)12(7-9)19(22)23/h1,4-7,10,18H,2-3,8H2. The number of nitro benzene ring substituents is 1. The van der Waals surface area contributed by atoms with Gasteiger partial charge in [0.1, 0.15) is 5.69 Å². The molecule has 0 spiro atoms. The zero-order valence-corrected chi connectivity index (χ0v) is 14.4. The van der Waals surface area contributed by atoms with E-state index < -0.39 is 17.5 Å². The molecule has 1 saturated carbocycles. The van der Waals surface area contributed by atoms with Crippen molar-refractivity contribution in [2.45, 2.75) is 18.9 Å². The first-order valence-electron chi connectivity index (χ1n) is 7.44. The van der Waals surface area contributed by atoms with Crippen LogP contribution in [-0.4, -0.2) is 29.3 Å². The molecule has 7 nitrogen and oxygen atoms in total. The topological polar surface area (TPSA) is 98.5 Å². The fourth-order valence-electron chi connectivity index (χ4n) is 2.13. The lowest BCUT2D eigenvalue weighted by Gasteiger charge is -2.08. The molecule has 0 radical (unpaired) electrons. The number of hydrogen-bond acceptors (Lipinski definition) is 7. The van der Waals surface area contributed by atoms with Crippen LogP contribution in [0.15, 0.2) is 30.3 Å². The summed E-state index contributed by atoms with van der Waals surface area (Å²) in [6, 6.07) is 7.44. The van der Waals surface area contributed by atoms with Crippen molar-refractivity contribution in [2.24, 2.45) is 0 Å². The lowest BCUT2D eigenvalue weighted by atomic mass is 10.1. The molecule has 0 atom stereocenters. The third kappa shape index (κ3) is 4.34. The molecule has 1 aliphatic carbocycles. The Hall–Kier alpha value is -2.45. The smallest absolute Gasteiger partial charge is 0.338 e. The predicted molar refractivity (Wildman–Crippen MR) is 93.7 cm³/mol. The molecule has 1 N–H and O–H groups in total. The highest BCUT2D eigenvalue weighted by molar-refractivity contribution is 7.18. The molecular weight excluding hydrogens is 368 g/mol. The molecule has 2 aromatic rings. The molecule has 1 aromatic heterocycles. The van der Waals surface area contributed by atoms with Gasteiger partial charge in [-0.3, -0.25) is 14.9 Å². The van der Waals surface area contributed by atoms with Gasteiger partial charge in [-0.05, 0) is 37.1 Å². The number of esters is 1. The van der Waals surface area contributed by atoms with Crippen LogP contribution in [0, 0.1) is 10.1 Å². The molecule has 1 fully saturated rings. The highest BCUT2D eigenvalue weighted by Gasteiger charge is 2.26. The van der Waals surface area contributed by atoms with E-state index in [1.54, 1.807) is 12.1 Å². The Morgan fingerprint density at radius 3 is 2.68 bits per heavy atom. The van der Waals surface area contributed by atoms with Gasteiger partial charge in [-0.15, -0.1) is 11.3 Å². The number of Topliss-reactive ketones (excluding diaryl/α,β-unsaturated/α-hetero) is 1. The molecule has 25 heavy (non-hydrogen) atoms. The van der Waals surface area contributed by atoms with E-state index in [0.29, 0.717) is 14.9 Å². The number of halogens is 1. The van der Waals surface area contributed by atoms with Crippen LogP contribution in [-0.2, 0) is 4.74 Å². The fourth-order valence-corrected chi connectivity index (χ4v) is 3.10. The van der Waals surface area contributed by atoms with Crippen molar-refractivity contribution in [3.8, 4) is 0 Å². The van der Waals surface area contributed by atoms with Gasteiger partial charge in [-0.1, -0.05) is 11.6 Å². The maximum absolute atomic E-state index is 12.1. The van der Waals surface area contributed by atoms with Gasteiger partial charge in [0.25, 0.3) is 5.69 Å². The lowest BCUT2D eigenvalue weighted by Crippen LogP contribution is -2.14. The second-order valence-electron chi connectivity index (χ2n) is 5.51. The van der Waals surface area contributed by atoms with E-state index in [9.17, 15) is 19.7 Å². The molecule has 0 saturated heterocycles. The SMILES string of the molecule is O=C(OCC(=O)c1ccc(Cl)s1)c1ccc(NC2CC2)c([N+](=O)[O-])c1. The number of nitrogens with zero attached hydrogens (tertiary/aromatic N) is 1. The first kappa shape index (κ1) is 17.4. The largest absolute Gasteiger partial charge is 0.454 e. The number of carbonyl (C=O) groups is 2. The van der Waals surface area contributed by atoms with Crippen LogP contribution >= 0.6 is 22.9 Å². The summed E-state index contributed by atoms with van der Waals surface area (Å²) in [7, 11) is 0. The normalized spacial score (nSPS) is 13.3. The van der Waals surface area contributed by atoms with Gasteiger partial charge < -0.3 is 10.1 Å². The van der Waals surface area contributed by atoms with Gasteiger partial charge in [0.05, 0.1) is 19.7 Å². The summed E-state index contributed by atoms with van der Waals surface area (Å²) in [5.74, 6) is -1.18. The highest BCUT2D eigenvalue weighted by atomic mass is 35.5. The molecule has 1 aliphatic rings. The fraction of sp³-hybridized carbons (Fsp3) is 0.250. The van der Waals surface area contributed by atoms with Crippen LogP contribution in [0.2, 0.25) is 4.34 Å². The van der Waals surface area contributed by atoms with Gasteiger partial charge >= 0.3 is 5.97 Å². The van der Waals surface area contributed by atoms with Gasteiger partial charge in [0, 0.05) is 12.1 Å². The number of nitro groups is 1. The van der Waals surface area contributed by atoms with E-state index in [-0.39, 0.29) is 23.1 Å². The second-order valence-corrected chi connectivity index (χ2v) is 7.23. The number of ketones is 1. The minimum absolute atomic E-state index is 0.0186. The monoisotopic (exact) mass is 380 g/mol. The van der Waals surface area contributed by atoms with E-state index in [1.807, 2.05) is 0 Å². The van der Waals surface area contributed by atoms with E-state index in [0.717, 1.165) is 30.2 Å². The Kier molecular flexibility index (Phi) is 5.00. The number of thiophene rings is 1. The quantitative estimate of drug-likeness (QED) is 0.338. The summed E-state index contributed by atoms with van der Waals surface area (Å²) in [4.78, 5) is 35.0. The molecule has 130 valence electrons. The Labute approximate surface area is 151 Å². The molecule has 3 rings (SSSR count). The number of benzene rings is 1. The molecule has 0 amide bonds. The summed E-state index contributed by atoms with van der Waals surface area (Å²) in [6.07, 6.45) is 1.94. The van der Waals surface area contributed by atoms with Crippen molar-refractivity contribution in [1.29, 1.82) is 0 Å². The zero-order valence-electron chi connectivity index (χ0n) is 12.9. The third-order valence-corrected chi connectivity index (χ3v) is 4.82. The number of hydrogen-bond donors (Lipinski definition) is 1. The van der Waals surface area contributed by atoms with Crippen LogP contribution in [0.4, 0.5) is 11.4 Å². The van der Waals surface area contributed by atoms with Gasteiger partial charge in [-0.2, -0.15) is 0 Å². The van der Waals surface area contributed by atoms with E-state index in [4.69, 9.17) is 16.3 Å². The maximum Gasteiger partial charge on any atom is 0.338 e. The van der Waals surface area contributed by atoms with Crippen molar-refractivity contribution in [2.75, 3.05) is 11.9 Å². The van der Waals surface area contributed by atoms with Crippen molar-refractivity contribution in [1.82, 2.24) is 0 Å². The van der Waals surface area contributed by atoms with Crippen molar-refractivity contribution in [3.05, 3.63) is 55.2 Å². The minimum atomic E-state index is -0.794. The molecular formula is C16H13ClN2O5S. The van der Waals surface area contributed by atoms with Crippen LogP contribution in [0.5, 0.6) is 0 Å². The molecule has 0 aliphatic heterocycles. The molecule has 0 bridgehead atoms. The number of nitrogens with one attached hydrogen (secondary N) is 1. The van der Waals surface area contributed by atoms with Crippen molar-refractivity contribution in [3.63, 3.8) is 0 Å². The number of ether oxygens (including phenoxy) is 1. The average molecular weight is 381 g/mol. The number of anilines is 1. The molecule has 1 aromatic carbocycles. The highest BCUT2D eigenvalue weighted by Crippen LogP contribution is 2.31. The molecule has 0 unspecified atom stereocenters. The van der Waals surface area contributed by atoms with Crippen LogP contribution in [0.25, 0.3) is 0 Å². The Morgan fingerprint density at radius 2 is 2.08 bits per heavy atom. The van der Waals surface area contributed by atoms with Crippen molar-refractivity contribution >= 4 is 46.1 Å². The van der Waals surface area contributed by atoms with Gasteiger partial charge in [-0.25, -0.2) is 4.79 Å².